The summed E-state index contributed by atoms with van der Waals surface area (Å²) in [6, 6.07) is 11.3. The number of benzene rings is 1. The summed E-state index contributed by atoms with van der Waals surface area (Å²) in [5, 5.41) is 10.2. The molecule has 146 valence electrons. The fourth-order valence-electron chi connectivity index (χ4n) is 2.91. The molecule has 1 aromatic carbocycles. The zero-order valence-corrected chi connectivity index (χ0v) is 16.3. The van der Waals surface area contributed by atoms with Gasteiger partial charge in [0.2, 0.25) is 9.84 Å². The monoisotopic (exact) mass is 407 g/mol. The maximum absolute atomic E-state index is 12.8. The van der Waals surface area contributed by atoms with Crippen LogP contribution in [-0.4, -0.2) is 34.5 Å². The molecule has 3 aromatic heterocycles. The first kappa shape index (κ1) is 18.8. The molecule has 0 saturated carbocycles. The SMILES string of the molecule is Cc1ncccc1S(=O)(=O)c1ccc(CNC(=O)c2cnc3[nH]ncc3c2)cc1. The van der Waals surface area contributed by atoms with Crippen LogP contribution in [0.2, 0.25) is 0 Å². The van der Waals surface area contributed by atoms with Gasteiger partial charge in [0.1, 0.15) is 0 Å². The molecule has 0 spiro atoms. The minimum atomic E-state index is -3.64. The standard InChI is InChI=1S/C20H17N5O3S/c1-13-18(3-2-8-21-13)29(27,28)17-6-4-14(5-7-17)10-23-20(26)16-9-15-12-24-25-19(15)22-11-16/h2-9,11-12H,10H2,1H3,(H,23,26)(H,22,24,25). The molecule has 8 nitrogen and oxygen atoms in total. The number of sulfone groups is 1. The average molecular weight is 407 g/mol. The van der Waals surface area contributed by atoms with Crippen molar-refractivity contribution in [2.45, 2.75) is 23.3 Å². The van der Waals surface area contributed by atoms with Gasteiger partial charge in [0.25, 0.3) is 5.91 Å². The van der Waals surface area contributed by atoms with Gasteiger partial charge >= 0.3 is 0 Å². The third kappa shape index (κ3) is 3.72. The summed E-state index contributed by atoms with van der Waals surface area (Å²) < 4.78 is 25.6. The second kappa shape index (κ2) is 7.44. The number of carbonyl (C=O) groups excluding carboxylic acids is 1. The first-order valence-electron chi connectivity index (χ1n) is 8.78. The Kier molecular flexibility index (Phi) is 4.81. The van der Waals surface area contributed by atoms with Gasteiger partial charge in [0.05, 0.1) is 27.2 Å². The van der Waals surface area contributed by atoms with Gasteiger partial charge < -0.3 is 5.32 Å². The van der Waals surface area contributed by atoms with Crippen LogP contribution in [0.5, 0.6) is 0 Å². The van der Waals surface area contributed by atoms with Crippen molar-refractivity contribution in [3.63, 3.8) is 0 Å². The summed E-state index contributed by atoms with van der Waals surface area (Å²) in [7, 11) is -3.64. The summed E-state index contributed by atoms with van der Waals surface area (Å²) in [4.78, 5) is 20.9. The van der Waals surface area contributed by atoms with Crippen molar-refractivity contribution in [2.24, 2.45) is 0 Å². The molecule has 2 N–H and O–H groups in total. The van der Waals surface area contributed by atoms with Gasteiger partial charge in [-0.1, -0.05) is 12.1 Å². The molecule has 0 aliphatic heterocycles. The maximum Gasteiger partial charge on any atom is 0.253 e. The molecule has 0 fully saturated rings. The lowest BCUT2D eigenvalue weighted by Crippen LogP contribution is -2.22. The lowest BCUT2D eigenvalue weighted by atomic mass is 10.2. The molecule has 3 heterocycles. The Labute approximate surface area is 166 Å². The first-order chi connectivity index (χ1) is 13.9. The smallest absolute Gasteiger partial charge is 0.253 e. The van der Waals surface area contributed by atoms with Crippen molar-refractivity contribution in [1.29, 1.82) is 0 Å². The predicted molar refractivity (Wildman–Crippen MR) is 106 cm³/mol. The molecule has 9 heteroatoms. The zero-order chi connectivity index (χ0) is 20.4. The molecule has 0 saturated heterocycles. The number of H-pyrrole nitrogens is 1. The van der Waals surface area contributed by atoms with Crippen molar-refractivity contribution < 1.29 is 13.2 Å². The van der Waals surface area contributed by atoms with Crippen LogP contribution in [0.25, 0.3) is 11.0 Å². The molecular formula is C20H17N5O3S. The lowest BCUT2D eigenvalue weighted by Gasteiger charge is -2.09. The number of nitrogens with zero attached hydrogens (tertiary/aromatic N) is 3. The minimum Gasteiger partial charge on any atom is -0.348 e. The number of rotatable bonds is 5. The van der Waals surface area contributed by atoms with E-state index in [1.165, 1.54) is 24.4 Å². The largest absolute Gasteiger partial charge is 0.348 e. The van der Waals surface area contributed by atoms with Crippen LogP contribution in [-0.2, 0) is 16.4 Å². The van der Waals surface area contributed by atoms with Gasteiger partial charge in [-0.2, -0.15) is 5.10 Å². The van der Waals surface area contributed by atoms with Crippen LogP contribution in [0.1, 0.15) is 21.6 Å². The van der Waals surface area contributed by atoms with E-state index in [9.17, 15) is 13.2 Å². The van der Waals surface area contributed by atoms with Crippen LogP contribution in [0.4, 0.5) is 0 Å². The summed E-state index contributed by atoms with van der Waals surface area (Å²) in [6.07, 6.45) is 4.63. The highest BCUT2D eigenvalue weighted by atomic mass is 32.2. The van der Waals surface area contributed by atoms with Gasteiger partial charge in [-0.15, -0.1) is 0 Å². The Balaban J connectivity index is 1.47. The second-order valence-corrected chi connectivity index (χ2v) is 8.37. The van der Waals surface area contributed by atoms with E-state index in [4.69, 9.17) is 0 Å². The highest BCUT2D eigenvalue weighted by Gasteiger charge is 2.20. The molecule has 1 amide bonds. The number of aromatic nitrogens is 4. The summed E-state index contributed by atoms with van der Waals surface area (Å²) >= 11 is 0. The van der Waals surface area contributed by atoms with E-state index in [2.05, 4.69) is 25.5 Å². The summed E-state index contributed by atoms with van der Waals surface area (Å²) in [6.45, 7) is 1.92. The van der Waals surface area contributed by atoms with E-state index < -0.39 is 9.84 Å². The molecule has 29 heavy (non-hydrogen) atoms. The van der Waals surface area contributed by atoms with Crippen molar-refractivity contribution in [1.82, 2.24) is 25.5 Å². The molecule has 0 bridgehead atoms. The van der Waals surface area contributed by atoms with Crippen LogP contribution in [0, 0.1) is 6.92 Å². The van der Waals surface area contributed by atoms with Crippen LogP contribution >= 0.6 is 0 Å². The van der Waals surface area contributed by atoms with E-state index in [0.717, 1.165) is 10.9 Å². The molecule has 0 aliphatic carbocycles. The van der Waals surface area contributed by atoms with Gasteiger partial charge in [-0.05, 0) is 42.8 Å². The van der Waals surface area contributed by atoms with Gasteiger partial charge in [0, 0.05) is 24.3 Å². The fraction of sp³-hybridized carbons (Fsp3) is 0.100. The zero-order valence-electron chi connectivity index (χ0n) is 15.5. The molecule has 0 atom stereocenters. The Hall–Kier alpha value is -3.59. The quantitative estimate of drug-likeness (QED) is 0.525. The number of carbonyl (C=O) groups is 1. The number of amides is 1. The fourth-order valence-corrected chi connectivity index (χ4v) is 4.36. The average Bonchev–Trinajstić information content (AvgIpc) is 3.20. The normalized spacial score (nSPS) is 11.5. The van der Waals surface area contributed by atoms with Crippen LogP contribution in [0.15, 0.2) is 70.8 Å². The lowest BCUT2D eigenvalue weighted by molar-refractivity contribution is 0.0950. The van der Waals surface area contributed by atoms with E-state index in [1.54, 1.807) is 43.6 Å². The Bertz CT molecular complexity index is 1300. The Morgan fingerprint density at radius 3 is 2.66 bits per heavy atom. The topological polar surface area (TPSA) is 118 Å². The molecule has 0 radical (unpaired) electrons. The van der Waals surface area contributed by atoms with Gasteiger partial charge in [0.15, 0.2) is 5.65 Å². The summed E-state index contributed by atoms with van der Waals surface area (Å²) in [5.74, 6) is -0.275. The van der Waals surface area contributed by atoms with Crippen molar-refractivity contribution in [2.75, 3.05) is 0 Å². The van der Waals surface area contributed by atoms with Crippen LogP contribution in [0.3, 0.4) is 0 Å². The number of aromatic amines is 1. The van der Waals surface area contributed by atoms with Crippen molar-refractivity contribution in [3.8, 4) is 0 Å². The van der Waals surface area contributed by atoms with Gasteiger partial charge in [-0.3, -0.25) is 14.9 Å². The van der Waals surface area contributed by atoms with Gasteiger partial charge in [-0.25, -0.2) is 13.4 Å². The number of hydrogen-bond donors (Lipinski definition) is 2. The molecule has 0 unspecified atom stereocenters. The number of aryl methyl sites for hydroxylation is 1. The molecule has 4 aromatic rings. The number of nitrogens with one attached hydrogen (secondary N) is 2. The minimum absolute atomic E-state index is 0.179. The third-order valence-electron chi connectivity index (χ3n) is 4.49. The summed E-state index contributed by atoms with van der Waals surface area (Å²) in [5.41, 5.74) is 2.26. The second-order valence-electron chi connectivity index (χ2n) is 6.45. The number of pyridine rings is 2. The Morgan fingerprint density at radius 2 is 1.90 bits per heavy atom. The van der Waals surface area contributed by atoms with Crippen LogP contribution < -0.4 is 5.32 Å². The molecular weight excluding hydrogens is 390 g/mol. The first-order valence-corrected chi connectivity index (χ1v) is 10.3. The van der Waals surface area contributed by atoms with E-state index in [-0.39, 0.29) is 22.2 Å². The molecule has 0 aliphatic rings. The highest BCUT2D eigenvalue weighted by molar-refractivity contribution is 7.91. The predicted octanol–water partition coefficient (Wildman–Crippen LogP) is 2.42. The third-order valence-corrected chi connectivity index (χ3v) is 6.39. The number of hydrogen-bond acceptors (Lipinski definition) is 6. The van der Waals surface area contributed by atoms with Crippen molar-refractivity contribution in [3.05, 3.63) is 77.9 Å². The van der Waals surface area contributed by atoms with Crippen molar-refractivity contribution >= 4 is 26.8 Å². The van der Waals surface area contributed by atoms with E-state index >= 15 is 0 Å². The van der Waals surface area contributed by atoms with E-state index in [0.29, 0.717) is 16.9 Å². The highest BCUT2D eigenvalue weighted by Crippen LogP contribution is 2.22. The molecule has 4 rings (SSSR count). The van der Waals surface area contributed by atoms with E-state index in [1.807, 2.05) is 0 Å². The Morgan fingerprint density at radius 1 is 1.10 bits per heavy atom. The number of fused-ring (bicyclic) bond motifs is 1. The maximum atomic E-state index is 12.8.